The monoisotopic (exact) mass is 325 g/mol. The summed E-state index contributed by atoms with van der Waals surface area (Å²) in [4.78, 5) is 19.9. The van der Waals surface area contributed by atoms with Crippen LogP contribution in [0, 0.1) is 19.5 Å². The Kier molecular flexibility index (Phi) is 3.56. The lowest BCUT2D eigenvalue weighted by Gasteiger charge is -2.02. The van der Waals surface area contributed by atoms with Gasteiger partial charge in [-0.15, -0.1) is 0 Å². The number of aliphatic carboxylic acids is 1. The van der Waals surface area contributed by atoms with E-state index in [0.717, 1.165) is 12.1 Å². The number of halogens is 2. The minimum atomic E-state index is -1.12. The first-order valence-electron chi connectivity index (χ1n) is 3.76. The van der Waals surface area contributed by atoms with Gasteiger partial charge in [-0.3, -0.25) is 14.9 Å². The van der Waals surface area contributed by atoms with E-state index in [1.165, 1.54) is 0 Å². The lowest BCUT2D eigenvalue weighted by Crippen LogP contribution is -2.04. The molecule has 0 bridgehead atoms. The third-order valence-corrected chi connectivity index (χ3v) is 2.66. The number of rotatable bonds is 3. The SMILES string of the molecule is O=C(O)Cc1cc([N+](=O)[O-])c(F)cc1I. The molecule has 0 fully saturated rings. The molecule has 0 saturated heterocycles. The van der Waals surface area contributed by atoms with Gasteiger partial charge in [-0.25, -0.2) is 0 Å². The molecule has 0 spiro atoms. The van der Waals surface area contributed by atoms with E-state index in [4.69, 9.17) is 5.11 Å². The molecule has 80 valence electrons. The molecule has 0 aliphatic rings. The summed E-state index contributed by atoms with van der Waals surface area (Å²) in [6, 6.07) is 1.90. The zero-order valence-electron chi connectivity index (χ0n) is 7.24. The Morgan fingerprint density at radius 3 is 2.67 bits per heavy atom. The summed E-state index contributed by atoms with van der Waals surface area (Å²) in [7, 11) is 0. The van der Waals surface area contributed by atoms with Crippen molar-refractivity contribution in [2.24, 2.45) is 0 Å². The lowest BCUT2D eigenvalue weighted by atomic mass is 10.1. The smallest absolute Gasteiger partial charge is 0.307 e. The van der Waals surface area contributed by atoms with Crippen molar-refractivity contribution in [3.05, 3.63) is 37.2 Å². The van der Waals surface area contributed by atoms with Crippen molar-refractivity contribution >= 4 is 34.2 Å². The van der Waals surface area contributed by atoms with Crippen LogP contribution in [0.4, 0.5) is 10.1 Å². The van der Waals surface area contributed by atoms with Gasteiger partial charge in [0, 0.05) is 9.64 Å². The number of nitro groups is 1. The van der Waals surface area contributed by atoms with E-state index in [-0.39, 0.29) is 12.0 Å². The molecule has 1 N–H and O–H groups in total. The fourth-order valence-electron chi connectivity index (χ4n) is 1.02. The zero-order chi connectivity index (χ0) is 11.6. The Labute approximate surface area is 97.2 Å². The van der Waals surface area contributed by atoms with E-state index in [1.54, 1.807) is 22.6 Å². The predicted molar refractivity (Wildman–Crippen MR) is 57.1 cm³/mol. The largest absolute Gasteiger partial charge is 0.481 e. The molecule has 0 amide bonds. The molecule has 0 atom stereocenters. The number of carbonyl (C=O) groups is 1. The van der Waals surface area contributed by atoms with Crippen LogP contribution < -0.4 is 0 Å². The van der Waals surface area contributed by atoms with Gasteiger partial charge in [-0.2, -0.15) is 4.39 Å². The van der Waals surface area contributed by atoms with Gasteiger partial charge in [0.05, 0.1) is 11.3 Å². The van der Waals surface area contributed by atoms with Gasteiger partial charge in [-0.05, 0) is 34.2 Å². The molecule has 0 aromatic heterocycles. The standard InChI is InChI=1S/C8H5FINO4/c9-5-3-6(10)4(2-8(12)13)1-7(5)11(14)15/h1,3H,2H2,(H,12,13). The number of hydrogen-bond donors (Lipinski definition) is 1. The third kappa shape index (κ3) is 2.85. The molecule has 1 rings (SSSR count). The first kappa shape index (κ1) is 11.8. The van der Waals surface area contributed by atoms with Gasteiger partial charge < -0.3 is 5.11 Å². The fourth-order valence-corrected chi connectivity index (χ4v) is 1.64. The van der Waals surface area contributed by atoms with Crippen LogP contribution in [0.2, 0.25) is 0 Å². The van der Waals surface area contributed by atoms with Gasteiger partial charge in [-0.1, -0.05) is 0 Å². The Bertz CT molecular complexity index is 435. The lowest BCUT2D eigenvalue weighted by molar-refractivity contribution is -0.387. The average Bonchev–Trinajstić information content (AvgIpc) is 2.08. The van der Waals surface area contributed by atoms with Crippen molar-refractivity contribution in [1.29, 1.82) is 0 Å². The number of carboxylic acids is 1. The normalized spacial score (nSPS) is 10.0. The quantitative estimate of drug-likeness (QED) is 0.523. The van der Waals surface area contributed by atoms with Crippen molar-refractivity contribution in [3.63, 3.8) is 0 Å². The Morgan fingerprint density at radius 2 is 2.20 bits per heavy atom. The molecule has 15 heavy (non-hydrogen) atoms. The summed E-state index contributed by atoms with van der Waals surface area (Å²) >= 11 is 1.73. The van der Waals surface area contributed by atoms with Gasteiger partial charge in [0.1, 0.15) is 0 Å². The minimum Gasteiger partial charge on any atom is -0.481 e. The summed E-state index contributed by atoms with van der Waals surface area (Å²) in [5, 5.41) is 18.9. The molecule has 0 heterocycles. The summed E-state index contributed by atoms with van der Waals surface area (Å²) < 4.78 is 13.4. The van der Waals surface area contributed by atoms with Crippen LogP contribution in [0.5, 0.6) is 0 Å². The van der Waals surface area contributed by atoms with Crippen molar-refractivity contribution < 1.29 is 19.2 Å². The molecule has 7 heteroatoms. The van der Waals surface area contributed by atoms with Gasteiger partial charge in [0.2, 0.25) is 5.82 Å². The maximum Gasteiger partial charge on any atom is 0.307 e. The summed E-state index contributed by atoms with van der Waals surface area (Å²) in [5.41, 5.74) is -0.470. The number of benzene rings is 1. The summed E-state index contributed by atoms with van der Waals surface area (Å²) in [5.74, 6) is -2.08. The molecule has 0 aliphatic carbocycles. The number of carboxylic acid groups (broad SMARTS) is 1. The van der Waals surface area contributed by atoms with E-state index in [2.05, 4.69) is 0 Å². The first-order chi connectivity index (χ1) is 6.91. The van der Waals surface area contributed by atoms with Crippen LogP contribution in [0.25, 0.3) is 0 Å². The molecular formula is C8H5FINO4. The molecule has 0 radical (unpaired) electrons. The summed E-state index contributed by atoms with van der Waals surface area (Å²) in [6.45, 7) is 0. The Balaban J connectivity index is 3.23. The number of hydrogen-bond acceptors (Lipinski definition) is 3. The molecule has 5 nitrogen and oxygen atoms in total. The van der Waals surface area contributed by atoms with Gasteiger partial charge in [0.25, 0.3) is 0 Å². The maximum atomic E-state index is 13.0. The van der Waals surface area contributed by atoms with Crippen molar-refractivity contribution in [2.75, 3.05) is 0 Å². The second-order valence-corrected chi connectivity index (χ2v) is 3.88. The average molecular weight is 325 g/mol. The molecule has 1 aromatic rings. The highest BCUT2D eigenvalue weighted by molar-refractivity contribution is 14.1. The summed E-state index contributed by atoms with van der Waals surface area (Å²) in [6.07, 6.45) is -0.362. The number of nitro benzene ring substituents is 1. The highest BCUT2D eigenvalue weighted by Gasteiger charge is 2.18. The second kappa shape index (κ2) is 4.51. The van der Waals surface area contributed by atoms with E-state index < -0.39 is 22.4 Å². The van der Waals surface area contributed by atoms with Crippen molar-refractivity contribution in [3.8, 4) is 0 Å². The molecule has 1 aromatic carbocycles. The highest BCUT2D eigenvalue weighted by atomic mass is 127. The van der Waals surface area contributed by atoms with Crippen LogP contribution >= 0.6 is 22.6 Å². The molecular weight excluding hydrogens is 320 g/mol. The van der Waals surface area contributed by atoms with E-state index >= 15 is 0 Å². The second-order valence-electron chi connectivity index (χ2n) is 2.72. The van der Waals surface area contributed by atoms with E-state index in [1.807, 2.05) is 0 Å². The van der Waals surface area contributed by atoms with E-state index in [0.29, 0.717) is 3.57 Å². The number of nitrogens with zero attached hydrogens (tertiary/aromatic N) is 1. The first-order valence-corrected chi connectivity index (χ1v) is 4.84. The van der Waals surface area contributed by atoms with Crippen LogP contribution in [-0.4, -0.2) is 16.0 Å². The topological polar surface area (TPSA) is 80.4 Å². The van der Waals surface area contributed by atoms with Gasteiger partial charge in [0.15, 0.2) is 0 Å². The van der Waals surface area contributed by atoms with Crippen LogP contribution in [0.1, 0.15) is 5.56 Å². The van der Waals surface area contributed by atoms with Crippen molar-refractivity contribution in [1.82, 2.24) is 0 Å². The molecule has 0 saturated carbocycles. The van der Waals surface area contributed by atoms with Gasteiger partial charge >= 0.3 is 11.7 Å². The van der Waals surface area contributed by atoms with Crippen molar-refractivity contribution in [2.45, 2.75) is 6.42 Å². The Morgan fingerprint density at radius 1 is 1.60 bits per heavy atom. The van der Waals surface area contributed by atoms with Crippen LogP contribution in [-0.2, 0) is 11.2 Å². The fraction of sp³-hybridized carbons (Fsp3) is 0.125. The molecule has 0 aliphatic heterocycles. The Hall–Kier alpha value is -1.25. The van der Waals surface area contributed by atoms with E-state index in [9.17, 15) is 19.3 Å². The highest BCUT2D eigenvalue weighted by Crippen LogP contribution is 2.23. The zero-order valence-corrected chi connectivity index (χ0v) is 9.39. The minimum absolute atomic E-state index is 0.233. The van der Waals surface area contributed by atoms with Crippen LogP contribution in [0.3, 0.4) is 0 Å². The predicted octanol–water partition coefficient (Wildman–Crippen LogP) is 1.97. The van der Waals surface area contributed by atoms with Crippen LogP contribution in [0.15, 0.2) is 12.1 Å². The maximum absolute atomic E-state index is 13.0. The molecule has 0 unspecified atom stereocenters. The third-order valence-electron chi connectivity index (χ3n) is 1.65.